The van der Waals surface area contributed by atoms with Crippen LogP contribution in [0, 0.1) is 0 Å². The number of carbonyl (C=O) groups is 1. The van der Waals surface area contributed by atoms with Gasteiger partial charge in [-0.15, -0.1) is 0 Å². The van der Waals surface area contributed by atoms with Crippen LogP contribution in [0.1, 0.15) is 26.2 Å². The Balaban J connectivity index is 1.93. The molecule has 13 heavy (non-hydrogen) atoms. The van der Waals surface area contributed by atoms with E-state index in [4.69, 9.17) is 9.47 Å². The van der Waals surface area contributed by atoms with Gasteiger partial charge in [0.1, 0.15) is 12.7 Å². The largest absolute Gasteiger partial charge is 0.463 e. The summed E-state index contributed by atoms with van der Waals surface area (Å²) in [7, 11) is 0. The van der Waals surface area contributed by atoms with Crippen molar-refractivity contribution in [3.63, 3.8) is 0 Å². The smallest absolute Gasteiger partial charge is 0.306 e. The molecule has 0 aliphatic carbocycles. The second-order valence-electron chi connectivity index (χ2n) is 3.06. The van der Waals surface area contributed by atoms with Crippen LogP contribution in [0.2, 0.25) is 0 Å². The van der Waals surface area contributed by atoms with Crippen molar-refractivity contribution < 1.29 is 14.3 Å². The zero-order valence-electron chi connectivity index (χ0n) is 7.99. The lowest BCUT2D eigenvalue weighted by molar-refractivity contribution is -0.144. The molecule has 0 N–H and O–H groups in total. The van der Waals surface area contributed by atoms with E-state index < -0.39 is 0 Å². The lowest BCUT2D eigenvalue weighted by Crippen LogP contribution is -2.08. The van der Waals surface area contributed by atoms with E-state index in [0.29, 0.717) is 13.0 Å². The van der Waals surface area contributed by atoms with Crippen molar-refractivity contribution in [1.82, 2.24) is 0 Å². The van der Waals surface area contributed by atoms with Gasteiger partial charge in [0, 0.05) is 6.42 Å². The van der Waals surface area contributed by atoms with Crippen molar-refractivity contribution in [2.45, 2.75) is 32.3 Å². The number of hydrogen-bond acceptors (Lipinski definition) is 3. The lowest BCUT2D eigenvalue weighted by Gasteiger charge is -1.99. The lowest BCUT2D eigenvalue weighted by atomic mass is 10.3. The van der Waals surface area contributed by atoms with Crippen molar-refractivity contribution in [1.29, 1.82) is 0 Å². The molecule has 1 heterocycles. The molecule has 1 aliphatic heterocycles. The predicted molar refractivity (Wildman–Crippen MR) is 49.4 cm³/mol. The molecule has 1 saturated heterocycles. The normalized spacial score (nSPS) is 20.5. The van der Waals surface area contributed by atoms with Crippen LogP contribution in [0.25, 0.3) is 0 Å². The summed E-state index contributed by atoms with van der Waals surface area (Å²) >= 11 is 0. The maximum absolute atomic E-state index is 11.0. The predicted octanol–water partition coefficient (Wildman–Crippen LogP) is 1.67. The Kier molecular flexibility index (Phi) is 4.54. The Morgan fingerprint density at radius 1 is 1.62 bits per heavy atom. The van der Waals surface area contributed by atoms with Crippen LogP contribution >= 0.6 is 0 Å². The molecule has 0 aromatic carbocycles. The van der Waals surface area contributed by atoms with Gasteiger partial charge >= 0.3 is 5.97 Å². The first kappa shape index (κ1) is 10.3. The van der Waals surface area contributed by atoms with Crippen LogP contribution in [0.15, 0.2) is 12.2 Å². The molecule has 1 aliphatic rings. The highest BCUT2D eigenvalue weighted by Crippen LogP contribution is 2.09. The topological polar surface area (TPSA) is 38.8 Å². The van der Waals surface area contributed by atoms with Gasteiger partial charge in [-0.1, -0.05) is 19.1 Å². The van der Waals surface area contributed by atoms with E-state index in [-0.39, 0.29) is 12.1 Å². The summed E-state index contributed by atoms with van der Waals surface area (Å²) in [6, 6.07) is 0. The highest BCUT2D eigenvalue weighted by atomic mass is 16.6. The summed E-state index contributed by atoms with van der Waals surface area (Å²) in [5, 5.41) is 0. The van der Waals surface area contributed by atoms with Crippen molar-refractivity contribution in [2.75, 3.05) is 13.2 Å². The summed E-state index contributed by atoms with van der Waals surface area (Å²) in [6.45, 7) is 3.23. The first-order chi connectivity index (χ1) is 6.33. The second kappa shape index (κ2) is 5.75. The highest BCUT2D eigenvalue weighted by molar-refractivity contribution is 5.69. The van der Waals surface area contributed by atoms with Gasteiger partial charge in [-0.2, -0.15) is 0 Å². The first-order valence-electron chi connectivity index (χ1n) is 4.75. The summed E-state index contributed by atoms with van der Waals surface area (Å²) in [5.74, 6) is -0.128. The third-order valence-corrected chi connectivity index (χ3v) is 1.75. The molecule has 0 amide bonds. The van der Waals surface area contributed by atoms with Gasteiger partial charge in [0.2, 0.25) is 0 Å². The summed E-state index contributed by atoms with van der Waals surface area (Å²) in [6.07, 6.45) is 6.51. The molecule has 1 atom stereocenters. The van der Waals surface area contributed by atoms with E-state index >= 15 is 0 Å². The third kappa shape index (κ3) is 5.42. The Morgan fingerprint density at radius 3 is 3.00 bits per heavy atom. The maximum Gasteiger partial charge on any atom is 0.306 e. The van der Waals surface area contributed by atoms with Crippen molar-refractivity contribution in [3.8, 4) is 0 Å². The van der Waals surface area contributed by atoms with Crippen molar-refractivity contribution in [3.05, 3.63) is 12.2 Å². The molecule has 1 rings (SSSR count). The van der Waals surface area contributed by atoms with Crippen LogP contribution in [0.4, 0.5) is 0 Å². The second-order valence-corrected chi connectivity index (χ2v) is 3.06. The average Bonchev–Trinajstić information content (AvgIpc) is 2.92. The molecule has 0 aromatic rings. The molecular formula is C10H16O3. The number of allylic oxidation sites excluding steroid dienone is 2. The molecule has 3 nitrogen and oxygen atoms in total. The van der Waals surface area contributed by atoms with Gasteiger partial charge in [-0.05, 0) is 12.8 Å². The number of esters is 1. The number of carbonyl (C=O) groups excluding carboxylic acids is 1. The van der Waals surface area contributed by atoms with Crippen LogP contribution < -0.4 is 0 Å². The molecule has 1 unspecified atom stereocenters. The van der Waals surface area contributed by atoms with Crippen LogP contribution in [-0.4, -0.2) is 25.3 Å². The minimum atomic E-state index is -0.128. The molecule has 0 bridgehead atoms. The van der Waals surface area contributed by atoms with Gasteiger partial charge in [0.25, 0.3) is 0 Å². The van der Waals surface area contributed by atoms with Gasteiger partial charge in [0.15, 0.2) is 0 Å². The fourth-order valence-electron chi connectivity index (χ4n) is 0.908. The molecular weight excluding hydrogens is 168 g/mol. The van der Waals surface area contributed by atoms with E-state index in [0.717, 1.165) is 19.4 Å². The van der Waals surface area contributed by atoms with Gasteiger partial charge in [0.05, 0.1) is 6.61 Å². The van der Waals surface area contributed by atoms with E-state index in [9.17, 15) is 4.79 Å². The Bertz CT molecular complexity index is 183. The van der Waals surface area contributed by atoms with E-state index in [1.807, 2.05) is 6.08 Å². The molecule has 74 valence electrons. The van der Waals surface area contributed by atoms with Crippen LogP contribution in [0.3, 0.4) is 0 Å². The van der Waals surface area contributed by atoms with Crippen molar-refractivity contribution in [2.24, 2.45) is 0 Å². The standard InChI is InChI=1S/C10H16O3/c1-2-3-4-5-6-10(11)13-8-9-7-12-9/h3-4,9H,2,5-8H2,1H3/b4-3+. The van der Waals surface area contributed by atoms with E-state index in [1.54, 1.807) is 0 Å². The van der Waals surface area contributed by atoms with E-state index in [1.165, 1.54) is 0 Å². The fraction of sp³-hybridized carbons (Fsp3) is 0.700. The quantitative estimate of drug-likeness (QED) is 0.358. The molecule has 3 heteroatoms. The van der Waals surface area contributed by atoms with Crippen LogP contribution in [0.5, 0.6) is 0 Å². The van der Waals surface area contributed by atoms with Gasteiger partial charge < -0.3 is 9.47 Å². The number of epoxide rings is 1. The SMILES string of the molecule is CC/C=C/CCC(=O)OCC1CO1. The molecule has 0 saturated carbocycles. The molecule has 0 aromatic heterocycles. The Labute approximate surface area is 78.7 Å². The van der Waals surface area contributed by atoms with Crippen LogP contribution in [-0.2, 0) is 14.3 Å². The number of hydrogen-bond donors (Lipinski definition) is 0. The fourth-order valence-corrected chi connectivity index (χ4v) is 0.908. The summed E-state index contributed by atoms with van der Waals surface area (Å²) in [4.78, 5) is 11.0. The number of ether oxygens (including phenoxy) is 2. The van der Waals surface area contributed by atoms with Crippen molar-refractivity contribution >= 4 is 5.97 Å². The average molecular weight is 184 g/mol. The maximum atomic E-state index is 11.0. The summed E-state index contributed by atoms with van der Waals surface area (Å²) in [5.41, 5.74) is 0. The summed E-state index contributed by atoms with van der Waals surface area (Å²) < 4.78 is 9.86. The molecule has 0 spiro atoms. The molecule has 0 radical (unpaired) electrons. The van der Waals surface area contributed by atoms with E-state index in [2.05, 4.69) is 13.0 Å². The van der Waals surface area contributed by atoms with Gasteiger partial charge in [-0.3, -0.25) is 4.79 Å². The third-order valence-electron chi connectivity index (χ3n) is 1.75. The van der Waals surface area contributed by atoms with Gasteiger partial charge in [-0.25, -0.2) is 0 Å². The highest BCUT2D eigenvalue weighted by Gasteiger charge is 2.23. The first-order valence-corrected chi connectivity index (χ1v) is 4.75. The minimum absolute atomic E-state index is 0.128. The zero-order valence-corrected chi connectivity index (χ0v) is 7.99. The number of rotatable bonds is 6. The monoisotopic (exact) mass is 184 g/mol. The molecule has 1 fully saturated rings. The minimum Gasteiger partial charge on any atom is -0.463 e. The Morgan fingerprint density at radius 2 is 2.38 bits per heavy atom. The Hall–Kier alpha value is -0.830. The zero-order chi connectivity index (χ0) is 9.52.